The summed E-state index contributed by atoms with van der Waals surface area (Å²) in [4.78, 5) is 10.6. The summed E-state index contributed by atoms with van der Waals surface area (Å²) >= 11 is 0. The molecular formula is C10H13FN2O6S2. The standard InChI is InChI=1S/C10H13FN2O6S2/c1-6(10(14)19-2)21(17,18)13-8-5-7(11)3-4-9(8)20(12,15)16/h3-6,13H,1-2H3,(H2,12,15,16). The predicted octanol–water partition coefficient (Wildman–Crippen LogP) is -0.224. The Morgan fingerprint density at radius 2 is 1.90 bits per heavy atom. The number of esters is 1. The summed E-state index contributed by atoms with van der Waals surface area (Å²) in [6.07, 6.45) is 0. The van der Waals surface area contributed by atoms with Gasteiger partial charge in [0.1, 0.15) is 10.7 Å². The van der Waals surface area contributed by atoms with Crippen molar-refractivity contribution >= 4 is 31.7 Å². The molecule has 0 aliphatic heterocycles. The maximum absolute atomic E-state index is 13.2. The topological polar surface area (TPSA) is 133 Å². The van der Waals surface area contributed by atoms with E-state index in [9.17, 15) is 26.0 Å². The monoisotopic (exact) mass is 340 g/mol. The van der Waals surface area contributed by atoms with E-state index < -0.39 is 47.7 Å². The molecule has 0 fully saturated rings. The summed E-state index contributed by atoms with van der Waals surface area (Å²) in [5, 5.41) is 3.29. The molecule has 0 saturated heterocycles. The molecule has 118 valence electrons. The van der Waals surface area contributed by atoms with Crippen molar-refractivity contribution in [2.75, 3.05) is 11.8 Å². The number of rotatable bonds is 5. The fraction of sp³-hybridized carbons (Fsp3) is 0.300. The van der Waals surface area contributed by atoms with E-state index in [1.165, 1.54) is 0 Å². The lowest BCUT2D eigenvalue weighted by atomic mass is 10.3. The second-order valence-corrected chi connectivity index (χ2v) is 7.53. The highest BCUT2D eigenvalue weighted by Crippen LogP contribution is 2.23. The minimum atomic E-state index is -4.34. The Hall–Kier alpha value is -1.72. The van der Waals surface area contributed by atoms with Gasteiger partial charge in [-0.2, -0.15) is 0 Å². The van der Waals surface area contributed by atoms with Gasteiger partial charge in [-0.25, -0.2) is 26.4 Å². The van der Waals surface area contributed by atoms with E-state index in [-0.39, 0.29) is 0 Å². The molecule has 1 atom stereocenters. The van der Waals surface area contributed by atoms with Crippen LogP contribution in [0.5, 0.6) is 0 Å². The van der Waals surface area contributed by atoms with Crippen molar-refractivity contribution < 1.29 is 30.8 Å². The van der Waals surface area contributed by atoms with E-state index in [0.717, 1.165) is 26.2 Å². The maximum atomic E-state index is 13.2. The molecule has 1 aromatic rings. The molecule has 1 rings (SSSR count). The number of nitrogens with one attached hydrogen (secondary N) is 1. The molecular weight excluding hydrogens is 327 g/mol. The van der Waals surface area contributed by atoms with E-state index in [0.29, 0.717) is 6.07 Å². The van der Waals surface area contributed by atoms with Crippen LogP contribution in [-0.2, 0) is 29.6 Å². The number of primary sulfonamides is 1. The number of hydrogen-bond donors (Lipinski definition) is 2. The average Bonchev–Trinajstić information content (AvgIpc) is 2.34. The van der Waals surface area contributed by atoms with Gasteiger partial charge in [0.2, 0.25) is 20.0 Å². The number of anilines is 1. The van der Waals surface area contributed by atoms with Gasteiger partial charge in [0.15, 0.2) is 5.25 Å². The second kappa shape index (κ2) is 5.95. The van der Waals surface area contributed by atoms with Crippen molar-refractivity contribution in [3.8, 4) is 0 Å². The fourth-order valence-corrected chi connectivity index (χ4v) is 3.10. The lowest BCUT2D eigenvalue weighted by Gasteiger charge is -2.15. The first-order chi connectivity index (χ1) is 9.49. The molecule has 0 bridgehead atoms. The molecule has 0 radical (unpaired) electrons. The van der Waals surface area contributed by atoms with Crippen molar-refractivity contribution in [3.05, 3.63) is 24.0 Å². The van der Waals surface area contributed by atoms with E-state index in [4.69, 9.17) is 5.14 Å². The van der Waals surface area contributed by atoms with Gasteiger partial charge in [-0.15, -0.1) is 0 Å². The summed E-state index contributed by atoms with van der Waals surface area (Å²) in [5.74, 6) is -1.94. The molecule has 0 spiro atoms. The van der Waals surface area contributed by atoms with Crippen LogP contribution in [0.3, 0.4) is 0 Å². The summed E-state index contributed by atoms with van der Waals surface area (Å²) in [6.45, 7) is 1.03. The number of hydrogen-bond acceptors (Lipinski definition) is 6. The molecule has 0 aliphatic rings. The fourth-order valence-electron chi connectivity index (χ4n) is 1.36. The minimum absolute atomic E-state index is 0.590. The summed E-state index contributed by atoms with van der Waals surface area (Å²) in [6, 6.07) is 2.26. The number of halogens is 1. The number of carbonyl (C=O) groups is 1. The Balaban J connectivity index is 3.31. The highest BCUT2D eigenvalue weighted by atomic mass is 32.2. The van der Waals surface area contributed by atoms with E-state index in [1.807, 2.05) is 4.72 Å². The highest BCUT2D eigenvalue weighted by molar-refractivity contribution is 7.94. The summed E-state index contributed by atoms with van der Waals surface area (Å²) < 4.78 is 65.8. The highest BCUT2D eigenvalue weighted by Gasteiger charge is 2.30. The summed E-state index contributed by atoms with van der Waals surface area (Å²) in [7, 11) is -7.63. The van der Waals surface area contributed by atoms with Gasteiger partial charge in [0.05, 0.1) is 12.8 Å². The van der Waals surface area contributed by atoms with Crippen LogP contribution in [0.15, 0.2) is 23.1 Å². The molecule has 0 heterocycles. The molecule has 11 heteroatoms. The van der Waals surface area contributed by atoms with Gasteiger partial charge in [-0.1, -0.05) is 0 Å². The van der Waals surface area contributed by atoms with Gasteiger partial charge >= 0.3 is 5.97 Å². The number of sulfonamides is 2. The molecule has 0 amide bonds. The SMILES string of the molecule is COC(=O)C(C)S(=O)(=O)Nc1cc(F)ccc1S(N)(=O)=O. The molecule has 8 nitrogen and oxygen atoms in total. The van der Waals surface area contributed by atoms with Crippen molar-refractivity contribution in [1.29, 1.82) is 0 Å². The largest absolute Gasteiger partial charge is 0.468 e. The molecule has 0 aromatic heterocycles. The van der Waals surface area contributed by atoms with Crippen molar-refractivity contribution in [1.82, 2.24) is 0 Å². The average molecular weight is 340 g/mol. The Morgan fingerprint density at radius 3 is 2.38 bits per heavy atom. The van der Waals surface area contributed by atoms with Crippen LogP contribution in [0.1, 0.15) is 6.92 Å². The minimum Gasteiger partial charge on any atom is -0.468 e. The van der Waals surface area contributed by atoms with E-state index >= 15 is 0 Å². The van der Waals surface area contributed by atoms with Crippen LogP contribution < -0.4 is 9.86 Å². The number of carbonyl (C=O) groups excluding carboxylic acids is 1. The number of ether oxygens (including phenoxy) is 1. The molecule has 0 aliphatic carbocycles. The quantitative estimate of drug-likeness (QED) is 0.712. The molecule has 1 unspecified atom stereocenters. The lowest BCUT2D eigenvalue weighted by Crippen LogP contribution is -2.33. The third kappa shape index (κ3) is 4.12. The van der Waals surface area contributed by atoms with Gasteiger partial charge in [-0.3, -0.25) is 9.52 Å². The smallest absolute Gasteiger partial charge is 0.325 e. The first-order valence-corrected chi connectivity index (χ1v) is 8.50. The van der Waals surface area contributed by atoms with Gasteiger partial charge in [0, 0.05) is 0 Å². The Morgan fingerprint density at radius 1 is 1.33 bits per heavy atom. The number of methoxy groups -OCH3 is 1. The third-order valence-electron chi connectivity index (χ3n) is 2.50. The van der Waals surface area contributed by atoms with Crippen LogP contribution in [0.25, 0.3) is 0 Å². The molecule has 3 N–H and O–H groups in total. The van der Waals surface area contributed by atoms with E-state index in [2.05, 4.69) is 4.74 Å². The second-order valence-electron chi connectivity index (χ2n) is 4.00. The van der Waals surface area contributed by atoms with Crippen LogP contribution in [0, 0.1) is 5.82 Å². The lowest BCUT2D eigenvalue weighted by molar-refractivity contribution is -0.139. The Labute approximate surface area is 121 Å². The summed E-state index contributed by atoms with van der Waals surface area (Å²) in [5.41, 5.74) is -0.590. The predicted molar refractivity (Wildman–Crippen MR) is 71.8 cm³/mol. The zero-order valence-electron chi connectivity index (χ0n) is 11.0. The molecule has 1 aromatic carbocycles. The van der Waals surface area contributed by atoms with Gasteiger partial charge in [0.25, 0.3) is 0 Å². The van der Waals surface area contributed by atoms with Crippen LogP contribution >= 0.6 is 0 Å². The van der Waals surface area contributed by atoms with E-state index in [1.54, 1.807) is 0 Å². The zero-order chi connectivity index (χ0) is 16.4. The first-order valence-electron chi connectivity index (χ1n) is 5.41. The van der Waals surface area contributed by atoms with Crippen LogP contribution in [0.4, 0.5) is 10.1 Å². The van der Waals surface area contributed by atoms with Crippen molar-refractivity contribution in [3.63, 3.8) is 0 Å². The van der Waals surface area contributed by atoms with Crippen LogP contribution in [0.2, 0.25) is 0 Å². The van der Waals surface area contributed by atoms with Crippen molar-refractivity contribution in [2.45, 2.75) is 17.1 Å². The first kappa shape index (κ1) is 17.3. The number of nitrogens with two attached hydrogens (primary N) is 1. The zero-order valence-corrected chi connectivity index (χ0v) is 12.7. The van der Waals surface area contributed by atoms with Crippen molar-refractivity contribution in [2.24, 2.45) is 5.14 Å². The maximum Gasteiger partial charge on any atom is 0.325 e. The van der Waals surface area contributed by atoms with Gasteiger partial charge in [-0.05, 0) is 25.1 Å². The molecule has 0 saturated carbocycles. The van der Waals surface area contributed by atoms with Gasteiger partial charge < -0.3 is 4.74 Å². The number of benzene rings is 1. The molecule has 21 heavy (non-hydrogen) atoms. The Bertz CT molecular complexity index is 760. The Kier molecular flexibility index (Phi) is 4.91. The van der Waals surface area contributed by atoms with Crippen LogP contribution in [-0.4, -0.2) is 35.2 Å². The third-order valence-corrected chi connectivity index (χ3v) is 5.10. The normalized spacial score (nSPS) is 13.5.